The minimum Gasteiger partial charge on any atom is -0.329 e. The van der Waals surface area contributed by atoms with Crippen LogP contribution in [-0.4, -0.2) is 18.5 Å². The quantitative estimate of drug-likeness (QED) is 0.899. The van der Waals surface area contributed by atoms with Crippen molar-refractivity contribution in [2.75, 3.05) is 13.6 Å². The number of likely N-dealkylation sites (N-methyl/N-ethyl adjacent to an activating group) is 1. The maximum absolute atomic E-state index is 6.08. The normalized spacial score (nSPS) is 14.5. The predicted molar refractivity (Wildman–Crippen MR) is 88.2 cm³/mol. The van der Waals surface area contributed by atoms with E-state index in [4.69, 9.17) is 5.73 Å². The third-order valence-electron chi connectivity index (χ3n) is 4.07. The molecule has 1 aromatic heterocycles. The van der Waals surface area contributed by atoms with Crippen LogP contribution in [0, 0.1) is 13.8 Å². The summed E-state index contributed by atoms with van der Waals surface area (Å²) in [6, 6.07) is 11.6. The summed E-state index contributed by atoms with van der Waals surface area (Å²) in [5, 5.41) is 2.13. The van der Waals surface area contributed by atoms with Crippen molar-refractivity contribution in [3.8, 4) is 0 Å². The lowest BCUT2D eigenvalue weighted by molar-refractivity contribution is 0.192. The zero-order valence-electron chi connectivity index (χ0n) is 12.8. The fraction of sp³-hybridized carbons (Fsp3) is 0.412. The molecule has 0 aliphatic rings. The van der Waals surface area contributed by atoms with Crippen molar-refractivity contribution in [3.05, 3.63) is 57.3 Å². The Morgan fingerprint density at radius 2 is 2.00 bits per heavy atom. The second-order valence-corrected chi connectivity index (χ2v) is 6.45. The maximum Gasteiger partial charge on any atom is 0.0476 e. The lowest BCUT2D eigenvalue weighted by Crippen LogP contribution is -2.33. The molecule has 0 saturated carbocycles. The first-order chi connectivity index (χ1) is 9.54. The Balaban J connectivity index is 2.29. The van der Waals surface area contributed by atoms with Crippen LogP contribution in [0.2, 0.25) is 0 Å². The van der Waals surface area contributed by atoms with Crippen LogP contribution in [0.3, 0.4) is 0 Å². The molecule has 0 aliphatic carbocycles. The van der Waals surface area contributed by atoms with E-state index in [1.807, 2.05) is 11.3 Å². The van der Waals surface area contributed by atoms with Crippen LogP contribution in [0.5, 0.6) is 0 Å². The molecule has 0 fully saturated rings. The van der Waals surface area contributed by atoms with Crippen LogP contribution in [0.4, 0.5) is 0 Å². The number of hydrogen-bond donors (Lipinski definition) is 1. The van der Waals surface area contributed by atoms with Gasteiger partial charge in [-0.15, -0.1) is 11.3 Å². The summed E-state index contributed by atoms with van der Waals surface area (Å²) in [6.07, 6.45) is 0. The van der Waals surface area contributed by atoms with E-state index in [0.717, 1.165) is 0 Å². The fourth-order valence-corrected chi connectivity index (χ4v) is 3.47. The summed E-state index contributed by atoms with van der Waals surface area (Å²) in [7, 11) is 2.17. The molecule has 2 nitrogen and oxygen atoms in total. The van der Waals surface area contributed by atoms with Gasteiger partial charge in [-0.05, 0) is 50.4 Å². The molecule has 2 atom stereocenters. The highest BCUT2D eigenvalue weighted by Gasteiger charge is 2.23. The fourth-order valence-electron chi connectivity index (χ4n) is 2.63. The summed E-state index contributed by atoms with van der Waals surface area (Å²) in [5.41, 5.74) is 10.0. The van der Waals surface area contributed by atoms with Gasteiger partial charge in [0.25, 0.3) is 0 Å². The van der Waals surface area contributed by atoms with Crippen LogP contribution >= 0.6 is 11.3 Å². The minimum absolute atomic E-state index is 0.256. The van der Waals surface area contributed by atoms with Crippen molar-refractivity contribution in [2.24, 2.45) is 5.73 Å². The molecule has 0 bridgehead atoms. The monoisotopic (exact) mass is 288 g/mol. The second kappa shape index (κ2) is 6.53. The van der Waals surface area contributed by atoms with Crippen molar-refractivity contribution < 1.29 is 0 Å². The van der Waals surface area contributed by atoms with Gasteiger partial charge in [0.2, 0.25) is 0 Å². The Hall–Kier alpha value is -1.16. The highest BCUT2D eigenvalue weighted by atomic mass is 32.1. The number of rotatable bonds is 5. The van der Waals surface area contributed by atoms with Crippen molar-refractivity contribution in [2.45, 2.75) is 32.9 Å². The molecular formula is C17H24N2S. The molecule has 0 spiro atoms. The summed E-state index contributed by atoms with van der Waals surface area (Å²) < 4.78 is 0. The Bertz CT molecular complexity index is 548. The van der Waals surface area contributed by atoms with Crippen molar-refractivity contribution in [3.63, 3.8) is 0 Å². The first-order valence-electron chi connectivity index (χ1n) is 7.07. The lowest BCUT2D eigenvalue weighted by atomic mass is 9.97. The van der Waals surface area contributed by atoms with Gasteiger partial charge < -0.3 is 5.73 Å². The van der Waals surface area contributed by atoms with E-state index in [-0.39, 0.29) is 6.04 Å². The molecular weight excluding hydrogens is 264 g/mol. The summed E-state index contributed by atoms with van der Waals surface area (Å²) in [6.45, 7) is 7.19. The Morgan fingerprint density at radius 1 is 1.25 bits per heavy atom. The molecule has 2 aromatic rings. The van der Waals surface area contributed by atoms with Gasteiger partial charge in [-0.2, -0.15) is 0 Å². The maximum atomic E-state index is 6.08. The molecule has 108 valence electrons. The molecule has 2 N–H and O–H groups in total. The molecule has 0 saturated heterocycles. The topological polar surface area (TPSA) is 29.3 Å². The van der Waals surface area contributed by atoms with E-state index >= 15 is 0 Å². The standard InChI is InChI=1S/C17H24N2S/c1-12-7-8-13(2)15(10-12)16(11-18)19(4)14(3)17-6-5-9-20-17/h5-10,14,16H,11,18H2,1-4H3. The van der Waals surface area contributed by atoms with E-state index in [1.54, 1.807) is 0 Å². The molecule has 2 unspecified atom stereocenters. The molecule has 0 radical (unpaired) electrons. The SMILES string of the molecule is Cc1ccc(C)c(C(CN)N(C)C(C)c2cccs2)c1. The molecule has 0 amide bonds. The minimum atomic E-state index is 0.256. The number of nitrogens with two attached hydrogens (primary N) is 1. The highest BCUT2D eigenvalue weighted by molar-refractivity contribution is 7.10. The predicted octanol–water partition coefficient (Wildman–Crippen LogP) is 4.06. The molecule has 0 aliphatic heterocycles. The average molecular weight is 288 g/mol. The molecule has 2 rings (SSSR count). The van der Waals surface area contributed by atoms with E-state index < -0.39 is 0 Å². The summed E-state index contributed by atoms with van der Waals surface area (Å²) >= 11 is 1.81. The third kappa shape index (κ3) is 3.11. The summed E-state index contributed by atoms with van der Waals surface area (Å²) in [5.74, 6) is 0. The molecule has 3 heteroatoms. The molecule has 20 heavy (non-hydrogen) atoms. The first kappa shape index (κ1) is 15.2. The zero-order valence-corrected chi connectivity index (χ0v) is 13.6. The number of benzene rings is 1. The number of aryl methyl sites for hydroxylation is 2. The van der Waals surface area contributed by atoms with E-state index in [2.05, 4.69) is 68.4 Å². The molecule has 1 aromatic carbocycles. The van der Waals surface area contributed by atoms with E-state index in [9.17, 15) is 0 Å². The highest BCUT2D eigenvalue weighted by Crippen LogP contribution is 2.32. The largest absolute Gasteiger partial charge is 0.329 e. The van der Waals surface area contributed by atoms with Gasteiger partial charge in [0.15, 0.2) is 0 Å². The van der Waals surface area contributed by atoms with Crippen LogP contribution < -0.4 is 5.73 Å². The Labute approximate surface area is 126 Å². The van der Waals surface area contributed by atoms with Gasteiger partial charge in [0.1, 0.15) is 0 Å². The van der Waals surface area contributed by atoms with Crippen molar-refractivity contribution in [1.82, 2.24) is 4.90 Å². The zero-order chi connectivity index (χ0) is 14.7. The van der Waals surface area contributed by atoms with E-state index in [0.29, 0.717) is 12.6 Å². The second-order valence-electron chi connectivity index (χ2n) is 5.47. The average Bonchev–Trinajstić information content (AvgIpc) is 2.96. The van der Waals surface area contributed by atoms with Crippen molar-refractivity contribution >= 4 is 11.3 Å². The van der Waals surface area contributed by atoms with Crippen LogP contribution in [-0.2, 0) is 0 Å². The van der Waals surface area contributed by atoms with Crippen molar-refractivity contribution in [1.29, 1.82) is 0 Å². The van der Waals surface area contributed by atoms with Gasteiger partial charge in [-0.25, -0.2) is 0 Å². The van der Waals surface area contributed by atoms with E-state index in [1.165, 1.54) is 21.6 Å². The lowest BCUT2D eigenvalue weighted by Gasteiger charge is -2.33. The van der Waals surface area contributed by atoms with Gasteiger partial charge in [0.05, 0.1) is 0 Å². The summed E-state index contributed by atoms with van der Waals surface area (Å²) in [4.78, 5) is 3.77. The van der Waals surface area contributed by atoms with Crippen LogP contribution in [0.25, 0.3) is 0 Å². The Morgan fingerprint density at radius 3 is 2.60 bits per heavy atom. The number of thiophene rings is 1. The Kier molecular flexibility index (Phi) is 4.97. The van der Waals surface area contributed by atoms with Gasteiger partial charge in [-0.3, -0.25) is 4.90 Å². The third-order valence-corrected chi connectivity index (χ3v) is 5.12. The van der Waals surface area contributed by atoms with Crippen LogP contribution in [0.15, 0.2) is 35.7 Å². The first-order valence-corrected chi connectivity index (χ1v) is 7.95. The van der Waals surface area contributed by atoms with Gasteiger partial charge in [0, 0.05) is 23.5 Å². The van der Waals surface area contributed by atoms with Crippen LogP contribution in [0.1, 0.15) is 40.6 Å². The van der Waals surface area contributed by atoms with Gasteiger partial charge in [-0.1, -0.05) is 29.8 Å². The number of nitrogens with zero attached hydrogens (tertiary/aromatic N) is 1. The smallest absolute Gasteiger partial charge is 0.0476 e. The molecule has 1 heterocycles. The number of hydrogen-bond acceptors (Lipinski definition) is 3. The van der Waals surface area contributed by atoms with Gasteiger partial charge >= 0.3 is 0 Å².